The fraction of sp³-hybridized carbons (Fsp3) is 0.474. The maximum atomic E-state index is 13.5. The van der Waals surface area contributed by atoms with Crippen molar-refractivity contribution in [2.75, 3.05) is 6.54 Å². The molecule has 7 nitrogen and oxygen atoms in total. The maximum absolute atomic E-state index is 13.5. The number of rotatable bonds is 6. The number of aromatic nitrogens is 2. The van der Waals surface area contributed by atoms with Crippen LogP contribution in [0.2, 0.25) is 0 Å². The quantitative estimate of drug-likeness (QED) is 0.819. The molecule has 1 N–H and O–H groups in total. The molecule has 1 aromatic carbocycles. The topological polar surface area (TPSA) is 84.3 Å². The van der Waals surface area contributed by atoms with Crippen LogP contribution in [0.15, 0.2) is 35.2 Å². The Labute approximate surface area is 160 Å². The Kier molecular flexibility index (Phi) is 5.39. The second kappa shape index (κ2) is 7.44. The Bertz CT molecular complexity index is 935. The Hall–Kier alpha value is -2.19. The van der Waals surface area contributed by atoms with E-state index in [4.69, 9.17) is 0 Å². The summed E-state index contributed by atoms with van der Waals surface area (Å²) in [5.41, 5.74) is 1.87. The second-order valence-electron chi connectivity index (χ2n) is 7.22. The molecular weight excluding hydrogens is 364 g/mol. The summed E-state index contributed by atoms with van der Waals surface area (Å²) in [7, 11) is -3.76. The molecule has 1 aliphatic heterocycles. The summed E-state index contributed by atoms with van der Waals surface area (Å²) in [5.74, 6) is -0.0228. The van der Waals surface area contributed by atoms with Gasteiger partial charge in [0.2, 0.25) is 15.9 Å². The van der Waals surface area contributed by atoms with Crippen molar-refractivity contribution >= 4 is 15.9 Å². The highest BCUT2D eigenvalue weighted by molar-refractivity contribution is 7.89. The predicted molar refractivity (Wildman–Crippen MR) is 103 cm³/mol. The van der Waals surface area contributed by atoms with Crippen LogP contribution >= 0.6 is 0 Å². The zero-order valence-electron chi connectivity index (χ0n) is 16.1. The lowest BCUT2D eigenvalue weighted by molar-refractivity contribution is -0.119. The van der Waals surface area contributed by atoms with Gasteiger partial charge in [-0.3, -0.25) is 4.79 Å². The van der Waals surface area contributed by atoms with Gasteiger partial charge in [-0.25, -0.2) is 13.1 Å². The third-order valence-corrected chi connectivity index (χ3v) is 7.15. The van der Waals surface area contributed by atoms with E-state index in [-0.39, 0.29) is 29.4 Å². The molecule has 1 fully saturated rings. The van der Waals surface area contributed by atoms with E-state index in [1.54, 1.807) is 18.5 Å². The summed E-state index contributed by atoms with van der Waals surface area (Å²) in [6.07, 6.45) is 1.10. The predicted octanol–water partition coefficient (Wildman–Crippen LogP) is 2.17. The van der Waals surface area contributed by atoms with Gasteiger partial charge in [0.15, 0.2) is 0 Å². The van der Waals surface area contributed by atoms with E-state index in [0.717, 1.165) is 5.69 Å². The number of aryl methyl sites for hydroxylation is 1. The van der Waals surface area contributed by atoms with Crippen molar-refractivity contribution in [3.8, 4) is 5.69 Å². The normalized spacial score (nSPS) is 17.7. The molecular formula is C19H26N4O3S. The van der Waals surface area contributed by atoms with Gasteiger partial charge in [0.1, 0.15) is 4.90 Å². The van der Waals surface area contributed by atoms with Crippen LogP contribution in [0.4, 0.5) is 0 Å². The smallest absolute Gasteiger partial charge is 0.247 e. The van der Waals surface area contributed by atoms with E-state index >= 15 is 0 Å². The molecule has 0 saturated carbocycles. The first kappa shape index (κ1) is 19.6. The molecule has 146 valence electrons. The van der Waals surface area contributed by atoms with E-state index in [0.29, 0.717) is 24.2 Å². The number of para-hydroxylation sites is 1. The summed E-state index contributed by atoms with van der Waals surface area (Å²) in [6.45, 7) is 7.45. The van der Waals surface area contributed by atoms with Crippen LogP contribution in [0.25, 0.3) is 5.69 Å². The largest absolute Gasteiger partial charge is 0.352 e. The number of sulfonamides is 1. The molecule has 1 aliphatic rings. The van der Waals surface area contributed by atoms with Crippen LogP contribution in [0.5, 0.6) is 0 Å². The standard InChI is InChI=1S/C19H26N4O3S/c1-13(2)22(12-16-10-11-18(24)20-16)27(25,26)19-14(3)21-23(15(19)4)17-8-6-5-7-9-17/h5-9,13,16H,10-12H2,1-4H3,(H,20,24). The highest BCUT2D eigenvalue weighted by Crippen LogP contribution is 2.27. The van der Waals surface area contributed by atoms with Crippen LogP contribution in [-0.2, 0) is 14.8 Å². The van der Waals surface area contributed by atoms with E-state index in [1.165, 1.54) is 4.31 Å². The minimum atomic E-state index is -3.76. The third kappa shape index (κ3) is 3.77. The van der Waals surface area contributed by atoms with Crippen molar-refractivity contribution in [2.45, 2.75) is 57.5 Å². The third-order valence-electron chi connectivity index (χ3n) is 4.85. The van der Waals surface area contributed by atoms with Gasteiger partial charge in [-0.2, -0.15) is 9.40 Å². The molecule has 27 heavy (non-hydrogen) atoms. The van der Waals surface area contributed by atoms with Crippen molar-refractivity contribution in [1.82, 2.24) is 19.4 Å². The first-order chi connectivity index (χ1) is 12.7. The summed E-state index contributed by atoms with van der Waals surface area (Å²) in [5, 5.41) is 7.33. The Morgan fingerprint density at radius 2 is 1.93 bits per heavy atom. The molecule has 1 aromatic heterocycles. The van der Waals surface area contributed by atoms with Crippen LogP contribution in [0.3, 0.4) is 0 Å². The highest BCUT2D eigenvalue weighted by Gasteiger charge is 2.35. The Balaban J connectivity index is 2.00. The fourth-order valence-corrected chi connectivity index (χ4v) is 5.60. The zero-order chi connectivity index (χ0) is 19.8. The monoisotopic (exact) mass is 390 g/mol. The first-order valence-corrected chi connectivity index (χ1v) is 10.6. The molecule has 1 saturated heterocycles. The molecule has 3 rings (SSSR count). The van der Waals surface area contributed by atoms with Crippen LogP contribution in [0.1, 0.15) is 38.1 Å². The molecule has 0 aliphatic carbocycles. The molecule has 8 heteroatoms. The lowest BCUT2D eigenvalue weighted by atomic mass is 10.2. The van der Waals surface area contributed by atoms with Crippen molar-refractivity contribution in [3.63, 3.8) is 0 Å². The number of carbonyl (C=O) groups excluding carboxylic acids is 1. The lowest BCUT2D eigenvalue weighted by Crippen LogP contribution is -2.45. The zero-order valence-corrected chi connectivity index (χ0v) is 17.0. The van der Waals surface area contributed by atoms with Gasteiger partial charge in [-0.05, 0) is 46.2 Å². The van der Waals surface area contributed by atoms with Gasteiger partial charge in [0.25, 0.3) is 0 Å². The second-order valence-corrected chi connectivity index (χ2v) is 9.05. The van der Waals surface area contributed by atoms with Crippen LogP contribution in [-0.4, -0.2) is 47.0 Å². The van der Waals surface area contributed by atoms with Crippen molar-refractivity contribution in [3.05, 3.63) is 41.7 Å². The van der Waals surface area contributed by atoms with E-state index < -0.39 is 10.0 Å². The molecule has 0 spiro atoms. The van der Waals surface area contributed by atoms with E-state index in [1.807, 2.05) is 44.2 Å². The number of carbonyl (C=O) groups is 1. The first-order valence-electron chi connectivity index (χ1n) is 9.14. The van der Waals surface area contributed by atoms with Gasteiger partial charge in [-0.1, -0.05) is 18.2 Å². The fourth-order valence-electron chi connectivity index (χ4n) is 3.56. The molecule has 1 unspecified atom stereocenters. The number of hydrogen-bond donors (Lipinski definition) is 1. The Morgan fingerprint density at radius 1 is 1.26 bits per heavy atom. The maximum Gasteiger partial charge on any atom is 0.247 e. The lowest BCUT2D eigenvalue weighted by Gasteiger charge is -2.28. The van der Waals surface area contributed by atoms with Crippen molar-refractivity contribution in [1.29, 1.82) is 0 Å². The average molecular weight is 391 g/mol. The SMILES string of the molecule is Cc1nn(-c2ccccc2)c(C)c1S(=O)(=O)N(CC1CCC(=O)N1)C(C)C. The number of hydrogen-bond acceptors (Lipinski definition) is 4. The van der Waals surface area contributed by atoms with Gasteiger partial charge >= 0.3 is 0 Å². The summed E-state index contributed by atoms with van der Waals surface area (Å²) < 4.78 is 30.1. The molecule has 1 atom stereocenters. The number of nitrogens with zero attached hydrogens (tertiary/aromatic N) is 3. The molecule has 0 bridgehead atoms. The molecule has 0 radical (unpaired) electrons. The molecule has 2 aromatic rings. The molecule has 1 amide bonds. The summed E-state index contributed by atoms with van der Waals surface area (Å²) in [6, 6.07) is 9.09. The van der Waals surface area contributed by atoms with E-state index in [2.05, 4.69) is 10.4 Å². The van der Waals surface area contributed by atoms with Crippen LogP contribution in [0, 0.1) is 13.8 Å². The van der Waals surface area contributed by atoms with Crippen molar-refractivity contribution in [2.24, 2.45) is 0 Å². The number of amides is 1. The van der Waals surface area contributed by atoms with Gasteiger partial charge in [0, 0.05) is 25.0 Å². The minimum absolute atomic E-state index is 0.0228. The molecule has 2 heterocycles. The van der Waals surface area contributed by atoms with Crippen molar-refractivity contribution < 1.29 is 13.2 Å². The summed E-state index contributed by atoms with van der Waals surface area (Å²) >= 11 is 0. The number of benzene rings is 1. The van der Waals surface area contributed by atoms with Crippen LogP contribution < -0.4 is 5.32 Å². The summed E-state index contributed by atoms with van der Waals surface area (Å²) in [4.78, 5) is 11.7. The number of nitrogens with one attached hydrogen (secondary N) is 1. The van der Waals surface area contributed by atoms with Gasteiger partial charge < -0.3 is 5.32 Å². The van der Waals surface area contributed by atoms with E-state index in [9.17, 15) is 13.2 Å². The minimum Gasteiger partial charge on any atom is -0.352 e. The average Bonchev–Trinajstić information content (AvgIpc) is 3.15. The van der Waals surface area contributed by atoms with Gasteiger partial charge in [-0.15, -0.1) is 0 Å². The van der Waals surface area contributed by atoms with Gasteiger partial charge in [0.05, 0.1) is 17.1 Å². The highest BCUT2D eigenvalue weighted by atomic mass is 32.2. The Morgan fingerprint density at radius 3 is 2.48 bits per heavy atom.